The van der Waals surface area contributed by atoms with Gasteiger partial charge in [-0.25, -0.2) is 4.98 Å². The van der Waals surface area contributed by atoms with E-state index >= 15 is 0 Å². The quantitative estimate of drug-likeness (QED) is 0.313. The van der Waals surface area contributed by atoms with Gasteiger partial charge < -0.3 is 14.6 Å². The average Bonchev–Trinajstić information content (AvgIpc) is 3.18. The van der Waals surface area contributed by atoms with Crippen molar-refractivity contribution in [1.82, 2.24) is 9.97 Å². The second-order valence-corrected chi connectivity index (χ2v) is 8.70. The third-order valence-corrected chi connectivity index (χ3v) is 6.36. The summed E-state index contributed by atoms with van der Waals surface area (Å²) in [5.74, 6) is 0.697. The van der Waals surface area contributed by atoms with Gasteiger partial charge in [0.15, 0.2) is 0 Å². The number of benzene rings is 3. The average molecular weight is 634 g/mol. The maximum absolute atomic E-state index is 10.3. The van der Waals surface area contributed by atoms with Gasteiger partial charge in [-0.05, 0) is 49.6 Å². The van der Waals surface area contributed by atoms with E-state index in [-0.39, 0.29) is 32.8 Å². The second-order valence-electron chi connectivity index (χ2n) is 8.70. The predicted octanol–water partition coefficient (Wildman–Crippen LogP) is 5.24. The van der Waals surface area contributed by atoms with Crippen LogP contribution in [0.15, 0.2) is 65.8 Å². The monoisotopic (exact) mass is 633 g/mol. The fourth-order valence-corrected chi connectivity index (χ4v) is 4.51. The number of aliphatic imine (C=N–C) groups is 1. The molecule has 2 heterocycles. The predicted molar refractivity (Wildman–Crippen MR) is 125 cm³/mol. The van der Waals surface area contributed by atoms with Crippen LogP contribution < -0.4 is 4.74 Å². The van der Waals surface area contributed by atoms with Crippen molar-refractivity contribution >= 4 is 16.8 Å². The Morgan fingerprint density at radius 2 is 1.97 bits per heavy atom. The van der Waals surface area contributed by atoms with Crippen LogP contribution in [0.1, 0.15) is 38.8 Å². The summed E-state index contributed by atoms with van der Waals surface area (Å²) in [6.07, 6.45) is -0.141. The molecule has 1 aromatic heterocycles. The molecule has 1 aliphatic carbocycles. The first-order chi connectivity index (χ1) is 16.6. The van der Waals surface area contributed by atoms with Gasteiger partial charge in [0.05, 0.1) is 0 Å². The van der Waals surface area contributed by atoms with Gasteiger partial charge >= 0.3 is 6.01 Å². The molecule has 1 N–H and O–H groups in total. The number of hydrogen-bond acceptors (Lipinski definition) is 6. The molecule has 7 heteroatoms. The van der Waals surface area contributed by atoms with Crippen molar-refractivity contribution < 1.29 is 38.4 Å². The second kappa shape index (κ2) is 7.92. The number of phenols is 1. The van der Waals surface area contributed by atoms with Crippen LogP contribution in [0.3, 0.4) is 0 Å². The minimum Gasteiger partial charge on any atom is -0.511 e. The van der Waals surface area contributed by atoms with E-state index in [2.05, 4.69) is 16.0 Å². The Kier molecular flexibility index (Phi) is 4.69. The molecule has 0 radical (unpaired) electrons. The molecule has 6 rings (SSSR count). The van der Waals surface area contributed by atoms with Crippen molar-refractivity contribution in [3.63, 3.8) is 0 Å². The van der Waals surface area contributed by atoms with E-state index in [1.54, 1.807) is 43.5 Å². The molecular formula is C27H22N3O3Pt-. The largest absolute Gasteiger partial charge is 0.511 e. The molecule has 6 nitrogen and oxygen atoms in total. The topological polar surface area (TPSA) is 76.8 Å². The van der Waals surface area contributed by atoms with Crippen LogP contribution in [0.4, 0.5) is 0 Å². The van der Waals surface area contributed by atoms with Gasteiger partial charge in [0.1, 0.15) is 28.3 Å². The summed E-state index contributed by atoms with van der Waals surface area (Å²) < 4.78 is 29.8. The summed E-state index contributed by atoms with van der Waals surface area (Å²) in [6, 6.07) is 19.4. The number of ether oxygens (including phenoxy) is 2. The maximum atomic E-state index is 10.3. The van der Waals surface area contributed by atoms with Gasteiger partial charge in [0.25, 0.3) is 0 Å². The SMILES string of the molecule is [2H]C1([2H])c2ccccc2[C@]2(C)N=C(c3[c-]c(Oc4ncc5cc(C)cc(O)c5n4)ccc3)O[C@]12C.[Pt]. The molecular weight excluding hydrogens is 609 g/mol. The van der Waals surface area contributed by atoms with Gasteiger partial charge in [-0.15, -0.1) is 18.2 Å². The van der Waals surface area contributed by atoms with Crippen LogP contribution in [0.2, 0.25) is 0 Å². The maximum Gasteiger partial charge on any atom is 0.321 e. The minimum atomic E-state index is -1.74. The molecule has 4 aromatic rings. The van der Waals surface area contributed by atoms with Gasteiger partial charge in [0.2, 0.25) is 0 Å². The Bertz CT molecular complexity index is 1560. The van der Waals surface area contributed by atoms with E-state index in [4.69, 9.17) is 17.2 Å². The fourth-order valence-electron chi connectivity index (χ4n) is 4.51. The summed E-state index contributed by atoms with van der Waals surface area (Å²) in [6.45, 7) is 5.55. The molecule has 0 fully saturated rings. The van der Waals surface area contributed by atoms with Crippen LogP contribution in [-0.2, 0) is 37.7 Å². The molecule has 0 amide bonds. The number of aromatic hydroxyl groups is 1. The van der Waals surface area contributed by atoms with Crippen molar-refractivity contribution in [1.29, 1.82) is 0 Å². The molecule has 0 saturated heterocycles. The van der Waals surface area contributed by atoms with Crippen molar-refractivity contribution in [2.75, 3.05) is 0 Å². The molecule has 2 aliphatic rings. The normalized spacial score (nSPS) is 24.7. The summed E-state index contributed by atoms with van der Waals surface area (Å²) in [4.78, 5) is 13.5. The third-order valence-electron chi connectivity index (χ3n) is 6.36. The zero-order chi connectivity index (χ0) is 24.6. The summed E-state index contributed by atoms with van der Waals surface area (Å²) >= 11 is 0. The van der Waals surface area contributed by atoms with Crippen molar-refractivity contribution in [3.05, 3.63) is 89.1 Å². The van der Waals surface area contributed by atoms with E-state index in [1.807, 2.05) is 38.1 Å². The Balaban J connectivity index is 0.00000267. The van der Waals surface area contributed by atoms with E-state index in [0.29, 0.717) is 33.7 Å². The van der Waals surface area contributed by atoms with E-state index in [1.165, 1.54) is 0 Å². The number of rotatable bonds is 3. The van der Waals surface area contributed by atoms with Crippen molar-refractivity contribution in [2.45, 2.75) is 38.3 Å². The summed E-state index contributed by atoms with van der Waals surface area (Å²) in [5, 5.41) is 11.0. The van der Waals surface area contributed by atoms with Crippen molar-refractivity contribution in [3.8, 4) is 17.5 Å². The Morgan fingerprint density at radius 1 is 1.15 bits per heavy atom. The molecule has 3 aromatic carbocycles. The van der Waals surface area contributed by atoms with Crippen LogP contribution in [-0.4, -0.2) is 26.6 Å². The molecule has 34 heavy (non-hydrogen) atoms. The minimum absolute atomic E-state index is 0. The Morgan fingerprint density at radius 3 is 2.82 bits per heavy atom. The van der Waals surface area contributed by atoms with Crippen molar-refractivity contribution in [2.24, 2.45) is 4.99 Å². The van der Waals surface area contributed by atoms with Gasteiger partial charge in [-0.1, -0.05) is 35.9 Å². The first-order valence-electron chi connectivity index (χ1n) is 11.7. The molecule has 0 spiro atoms. The summed E-state index contributed by atoms with van der Waals surface area (Å²) in [7, 11) is 0. The van der Waals surface area contributed by atoms with E-state index < -0.39 is 17.5 Å². The molecule has 0 bridgehead atoms. The molecule has 1 aliphatic heterocycles. The standard InChI is InChI=1S/C27H22N3O3.Pt/c1-16-11-19-15-28-25(29-23(19)22(31)12-16)32-20-9-6-8-17(13-20)24-30-27(3)21-10-5-4-7-18(21)14-26(27,2)33-24;/h4-12,15,31H,14H2,1-3H3;/q-1;/t26-,27+;/m1./s1/i14D2;. The van der Waals surface area contributed by atoms with Gasteiger partial charge in [0, 0.05) is 47.5 Å². The van der Waals surface area contributed by atoms with Crippen LogP contribution >= 0.6 is 0 Å². The number of fused-ring (bicyclic) bond motifs is 4. The van der Waals surface area contributed by atoms with E-state index in [0.717, 1.165) is 11.1 Å². The smallest absolute Gasteiger partial charge is 0.321 e. The molecule has 0 unspecified atom stereocenters. The zero-order valence-corrected chi connectivity index (χ0v) is 21.0. The number of phenolic OH excluding ortho intramolecular Hbond substituents is 1. The first-order valence-corrected chi connectivity index (χ1v) is 10.7. The Hall–Kier alpha value is -3.24. The van der Waals surface area contributed by atoms with E-state index in [9.17, 15) is 5.11 Å². The van der Waals surface area contributed by atoms with Crippen LogP contribution in [0, 0.1) is 13.0 Å². The number of hydrogen-bond donors (Lipinski definition) is 1. The Labute approximate surface area is 214 Å². The fraction of sp³-hybridized carbons (Fsp3) is 0.222. The number of aryl methyl sites for hydroxylation is 1. The number of aromatic nitrogens is 2. The third kappa shape index (κ3) is 3.40. The van der Waals surface area contributed by atoms with Crippen LogP contribution in [0.25, 0.3) is 10.9 Å². The zero-order valence-electron chi connectivity index (χ0n) is 20.7. The molecule has 174 valence electrons. The van der Waals surface area contributed by atoms with Gasteiger partial charge in [-0.2, -0.15) is 4.98 Å². The molecule has 2 atom stereocenters. The summed E-state index contributed by atoms with van der Waals surface area (Å²) in [5.41, 5.74) is 1.13. The van der Waals surface area contributed by atoms with Gasteiger partial charge in [-0.3, -0.25) is 4.99 Å². The first kappa shape index (κ1) is 20.2. The number of nitrogens with zero attached hydrogens (tertiary/aromatic N) is 3. The molecule has 0 saturated carbocycles. The van der Waals surface area contributed by atoms with Crippen LogP contribution in [0.5, 0.6) is 17.5 Å².